The largest absolute Gasteiger partial charge is 0.481 e. The molecular weight excluding hydrogens is 206 g/mol. The normalized spacial score (nSPS) is 16.2. The van der Waals surface area contributed by atoms with E-state index in [9.17, 15) is 14.4 Å². The summed E-state index contributed by atoms with van der Waals surface area (Å²) in [5.41, 5.74) is 8.41. The van der Waals surface area contributed by atoms with Crippen LogP contribution < -0.4 is 16.8 Å². The van der Waals surface area contributed by atoms with Crippen LogP contribution in [0.1, 0.15) is 13.3 Å². The number of nitrogens with two attached hydrogens (primary N) is 2. The topological polar surface area (TPSA) is 156 Å². The van der Waals surface area contributed by atoms with Crippen LogP contribution in [0.15, 0.2) is 0 Å². The molecule has 0 aromatic heterocycles. The maximum Gasteiger partial charge on any atom is 0.344 e. The van der Waals surface area contributed by atoms with Crippen LogP contribution in [-0.4, -0.2) is 39.8 Å². The number of aliphatic carboxylic acids is 2. The van der Waals surface area contributed by atoms with Crippen molar-refractivity contribution in [2.45, 2.75) is 25.0 Å². The lowest BCUT2D eigenvalue weighted by Gasteiger charge is -2.22. The van der Waals surface area contributed by atoms with Crippen molar-refractivity contribution in [1.29, 1.82) is 0 Å². The van der Waals surface area contributed by atoms with E-state index in [2.05, 4.69) is 0 Å². The first-order chi connectivity index (χ1) is 6.66. The second kappa shape index (κ2) is 4.71. The minimum atomic E-state index is -1.97. The summed E-state index contributed by atoms with van der Waals surface area (Å²) in [5.74, 6) is -3.63. The average Bonchev–Trinajstić information content (AvgIpc) is 2.01. The Morgan fingerprint density at radius 3 is 2.20 bits per heavy atom. The first-order valence-electron chi connectivity index (χ1n) is 3.98. The van der Waals surface area contributed by atoms with Crippen LogP contribution in [0.2, 0.25) is 0 Å². The minimum absolute atomic E-state index is 0.596. The van der Waals surface area contributed by atoms with Gasteiger partial charge in [0.1, 0.15) is 0 Å². The molecule has 0 heterocycles. The average molecular weight is 219 g/mol. The third kappa shape index (κ3) is 4.38. The summed E-state index contributed by atoms with van der Waals surface area (Å²) in [6.07, 6.45) is -0.596. The van der Waals surface area contributed by atoms with Gasteiger partial charge in [0.2, 0.25) is 5.91 Å². The first-order valence-corrected chi connectivity index (χ1v) is 3.98. The summed E-state index contributed by atoms with van der Waals surface area (Å²) in [6, 6.07) is -1.33. The van der Waals surface area contributed by atoms with Crippen molar-refractivity contribution < 1.29 is 24.6 Å². The van der Waals surface area contributed by atoms with Crippen LogP contribution in [0, 0.1) is 0 Å². The molecule has 0 radical (unpaired) electrons. The lowest BCUT2D eigenvalue weighted by molar-refractivity contribution is -0.147. The fraction of sp³-hybridized carbons (Fsp3) is 0.571. The third-order valence-corrected chi connectivity index (χ3v) is 1.56. The molecule has 0 aromatic rings. The zero-order valence-corrected chi connectivity index (χ0v) is 8.06. The number of carbonyl (C=O) groups excluding carboxylic acids is 1. The fourth-order valence-electron chi connectivity index (χ4n) is 0.683. The molecule has 0 saturated carbocycles. The molecule has 0 aliphatic heterocycles. The highest BCUT2D eigenvalue weighted by Gasteiger charge is 2.32. The number of carboxylic acid groups (broad SMARTS) is 2. The third-order valence-electron chi connectivity index (χ3n) is 1.56. The molecule has 1 unspecified atom stereocenters. The SMILES string of the molecule is CC(N)(NC(=O)[C@@H](N)CC(=O)O)C(=O)O. The molecular formula is C7H13N3O5. The Balaban J connectivity index is 4.36. The Bertz CT molecular complexity index is 288. The van der Waals surface area contributed by atoms with Gasteiger partial charge in [-0.15, -0.1) is 0 Å². The van der Waals surface area contributed by atoms with E-state index in [1.807, 2.05) is 5.32 Å². The van der Waals surface area contributed by atoms with Crippen LogP contribution in [-0.2, 0) is 14.4 Å². The summed E-state index contributed by atoms with van der Waals surface area (Å²) in [4.78, 5) is 31.9. The van der Waals surface area contributed by atoms with Gasteiger partial charge < -0.3 is 21.3 Å². The molecule has 0 spiro atoms. The molecule has 86 valence electrons. The highest BCUT2D eigenvalue weighted by molar-refractivity contribution is 5.90. The van der Waals surface area contributed by atoms with Gasteiger partial charge in [-0.1, -0.05) is 0 Å². The summed E-state index contributed by atoms with van der Waals surface area (Å²) in [5, 5.41) is 18.8. The Labute approximate surface area is 85.2 Å². The van der Waals surface area contributed by atoms with Crippen LogP contribution in [0.3, 0.4) is 0 Å². The molecule has 0 rings (SSSR count). The quantitative estimate of drug-likeness (QED) is 0.324. The van der Waals surface area contributed by atoms with Gasteiger partial charge in [0.25, 0.3) is 0 Å². The van der Waals surface area contributed by atoms with E-state index < -0.39 is 36.0 Å². The zero-order valence-electron chi connectivity index (χ0n) is 8.06. The predicted molar refractivity (Wildman–Crippen MR) is 48.6 cm³/mol. The van der Waals surface area contributed by atoms with Crippen molar-refractivity contribution in [2.24, 2.45) is 11.5 Å². The highest BCUT2D eigenvalue weighted by Crippen LogP contribution is 1.96. The molecule has 0 aliphatic rings. The van der Waals surface area contributed by atoms with Crippen LogP contribution in [0.4, 0.5) is 0 Å². The molecule has 0 fully saturated rings. The Hall–Kier alpha value is -1.67. The first kappa shape index (κ1) is 13.3. The van der Waals surface area contributed by atoms with Crippen molar-refractivity contribution in [2.75, 3.05) is 0 Å². The number of amides is 1. The van der Waals surface area contributed by atoms with Crippen molar-refractivity contribution in [3.63, 3.8) is 0 Å². The monoisotopic (exact) mass is 219 g/mol. The maximum absolute atomic E-state index is 11.2. The van der Waals surface area contributed by atoms with Gasteiger partial charge in [0.15, 0.2) is 5.66 Å². The van der Waals surface area contributed by atoms with Gasteiger partial charge in [-0.05, 0) is 6.92 Å². The van der Waals surface area contributed by atoms with E-state index in [1.54, 1.807) is 0 Å². The van der Waals surface area contributed by atoms with Gasteiger partial charge in [0, 0.05) is 0 Å². The lowest BCUT2D eigenvalue weighted by atomic mass is 10.1. The summed E-state index contributed by atoms with van der Waals surface area (Å²) in [6.45, 7) is 1.06. The van der Waals surface area contributed by atoms with E-state index >= 15 is 0 Å². The van der Waals surface area contributed by atoms with Crippen molar-refractivity contribution in [3.05, 3.63) is 0 Å². The van der Waals surface area contributed by atoms with Gasteiger partial charge in [-0.25, -0.2) is 4.79 Å². The van der Waals surface area contributed by atoms with Crippen LogP contribution in [0.25, 0.3) is 0 Å². The zero-order chi connectivity index (χ0) is 12.2. The number of hydrogen-bond donors (Lipinski definition) is 5. The predicted octanol–water partition coefficient (Wildman–Crippen LogP) is -2.34. The Kier molecular flexibility index (Phi) is 4.19. The number of rotatable bonds is 5. The van der Waals surface area contributed by atoms with Crippen LogP contribution >= 0.6 is 0 Å². The number of hydrogen-bond acceptors (Lipinski definition) is 5. The minimum Gasteiger partial charge on any atom is -0.481 e. The highest BCUT2D eigenvalue weighted by atomic mass is 16.4. The fourth-order valence-corrected chi connectivity index (χ4v) is 0.683. The standard InChI is InChI=1S/C7H13N3O5/c1-7(9,6(14)15)10-5(13)3(8)2-4(11)12/h3H,2,8-9H2,1H3,(H,10,13)(H,11,12)(H,14,15)/t3-,7?/m0/s1. The molecule has 0 saturated heterocycles. The number of carboxylic acids is 2. The summed E-state index contributed by atoms with van der Waals surface area (Å²) < 4.78 is 0. The maximum atomic E-state index is 11.2. The van der Waals surface area contributed by atoms with E-state index in [0.29, 0.717) is 0 Å². The van der Waals surface area contributed by atoms with Gasteiger partial charge in [-0.3, -0.25) is 15.3 Å². The van der Waals surface area contributed by atoms with E-state index in [4.69, 9.17) is 21.7 Å². The van der Waals surface area contributed by atoms with Gasteiger partial charge in [0.05, 0.1) is 12.5 Å². The number of carbonyl (C=O) groups is 3. The molecule has 2 atom stereocenters. The van der Waals surface area contributed by atoms with Crippen molar-refractivity contribution in [3.8, 4) is 0 Å². The van der Waals surface area contributed by atoms with E-state index in [0.717, 1.165) is 6.92 Å². The Morgan fingerprint density at radius 2 is 1.87 bits per heavy atom. The van der Waals surface area contributed by atoms with Gasteiger partial charge >= 0.3 is 11.9 Å². The smallest absolute Gasteiger partial charge is 0.344 e. The molecule has 0 aromatic carbocycles. The van der Waals surface area contributed by atoms with Gasteiger partial charge in [-0.2, -0.15) is 0 Å². The molecule has 8 nitrogen and oxygen atoms in total. The van der Waals surface area contributed by atoms with Crippen molar-refractivity contribution in [1.82, 2.24) is 5.32 Å². The summed E-state index contributed by atoms with van der Waals surface area (Å²) in [7, 11) is 0. The van der Waals surface area contributed by atoms with Crippen molar-refractivity contribution >= 4 is 17.8 Å². The molecule has 15 heavy (non-hydrogen) atoms. The number of nitrogens with one attached hydrogen (secondary N) is 1. The van der Waals surface area contributed by atoms with Crippen LogP contribution in [0.5, 0.6) is 0 Å². The molecule has 0 aliphatic carbocycles. The summed E-state index contributed by atoms with van der Waals surface area (Å²) >= 11 is 0. The van der Waals surface area contributed by atoms with E-state index in [1.165, 1.54) is 0 Å². The molecule has 1 amide bonds. The van der Waals surface area contributed by atoms with E-state index in [-0.39, 0.29) is 0 Å². The molecule has 7 N–H and O–H groups in total. The lowest BCUT2D eigenvalue weighted by Crippen LogP contribution is -2.62. The molecule has 8 heteroatoms. The molecule has 0 bridgehead atoms. The Morgan fingerprint density at radius 1 is 1.40 bits per heavy atom. The second-order valence-corrected chi connectivity index (χ2v) is 3.20. The second-order valence-electron chi connectivity index (χ2n) is 3.20.